The van der Waals surface area contributed by atoms with Gasteiger partial charge in [-0.15, -0.1) is 0 Å². The maximum atomic E-state index is 12.9. The molecule has 0 amide bonds. The van der Waals surface area contributed by atoms with Gasteiger partial charge in [0.2, 0.25) is 5.95 Å². The molecular weight excluding hydrogens is 362 g/mol. The number of hydrogen-bond acceptors (Lipinski definition) is 1. The number of alkyl halides is 3. The monoisotopic (exact) mass is 365 g/mol. The van der Waals surface area contributed by atoms with Gasteiger partial charge in [0, 0.05) is 26.2 Å². The van der Waals surface area contributed by atoms with E-state index in [1.165, 1.54) is 0 Å². The molecule has 0 aliphatic heterocycles. The van der Waals surface area contributed by atoms with Crippen molar-refractivity contribution in [2.24, 2.45) is 0 Å². The van der Waals surface area contributed by atoms with E-state index in [0.717, 1.165) is 6.20 Å². The Bertz CT molecular complexity index is 319. The second-order valence-corrected chi connectivity index (χ2v) is 3.87. The molecule has 1 heterocycles. The molecule has 0 atom stereocenters. The van der Waals surface area contributed by atoms with Crippen LogP contribution in [0.5, 0.6) is 0 Å². The summed E-state index contributed by atoms with van der Waals surface area (Å²) in [6.45, 7) is 0. The summed E-state index contributed by atoms with van der Waals surface area (Å²) < 4.78 is 37.7. The smallest absolute Gasteiger partial charge is 0.227 e. The molecule has 72 valence electrons. The van der Waals surface area contributed by atoms with Gasteiger partial charge >= 0.3 is 0 Å². The quantitative estimate of drug-likeness (QED) is 0.443. The largest absolute Gasteiger partial charge is 0.266 e. The van der Waals surface area contributed by atoms with Crippen LogP contribution < -0.4 is 0 Å². The van der Waals surface area contributed by atoms with Gasteiger partial charge in [-0.3, -0.25) is 0 Å². The molecule has 0 aromatic carbocycles. The van der Waals surface area contributed by atoms with Crippen LogP contribution in [0.2, 0.25) is 0 Å². The molecule has 1 nitrogen and oxygen atoms in total. The second-order valence-electron chi connectivity index (χ2n) is 2.23. The van der Waals surface area contributed by atoms with Gasteiger partial charge in [-0.25, -0.2) is 13.8 Å². The Morgan fingerprint density at radius 1 is 1.54 bits per heavy atom. The standard InChI is InChI=1S/C7H4BrF3IN/c8-1-3-5(12)4(6(9)10)2-13-7(3)11/h2,6H,1H2. The van der Waals surface area contributed by atoms with Crippen molar-refractivity contribution in [3.8, 4) is 0 Å². The summed E-state index contributed by atoms with van der Waals surface area (Å²) in [5, 5.41) is 0.185. The average Bonchev–Trinajstić information content (AvgIpc) is 2.04. The Balaban J connectivity index is 3.27. The summed E-state index contributed by atoms with van der Waals surface area (Å²) in [5.41, 5.74) is -0.0464. The molecule has 0 bridgehead atoms. The highest BCUT2D eigenvalue weighted by Gasteiger charge is 2.17. The molecular formula is C7H4BrF3IN. The van der Waals surface area contributed by atoms with Crippen molar-refractivity contribution >= 4 is 38.5 Å². The Labute approximate surface area is 95.0 Å². The Morgan fingerprint density at radius 2 is 2.15 bits per heavy atom. The SMILES string of the molecule is Fc1ncc(C(F)F)c(I)c1CBr. The minimum Gasteiger partial charge on any atom is -0.227 e. The van der Waals surface area contributed by atoms with Crippen LogP contribution in [0.25, 0.3) is 0 Å². The van der Waals surface area contributed by atoms with Gasteiger partial charge in [-0.05, 0) is 22.6 Å². The van der Waals surface area contributed by atoms with Crippen LogP contribution in [0.3, 0.4) is 0 Å². The zero-order valence-corrected chi connectivity index (χ0v) is 9.94. The molecule has 1 aromatic heterocycles. The molecule has 1 rings (SSSR count). The third-order valence-corrected chi connectivity index (χ3v) is 3.29. The summed E-state index contributed by atoms with van der Waals surface area (Å²) in [5.74, 6) is -0.703. The summed E-state index contributed by atoms with van der Waals surface area (Å²) in [4.78, 5) is 3.25. The van der Waals surface area contributed by atoms with E-state index < -0.39 is 12.4 Å². The first-order valence-electron chi connectivity index (χ1n) is 3.24. The predicted octanol–water partition coefficient (Wildman–Crippen LogP) is 3.66. The number of rotatable bonds is 2. The van der Waals surface area contributed by atoms with Gasteiger partial charge in [0.25, 0.3) is 6.43 Å². The Morgan fingerprint density at radius 3 is 2.62 bits per heavy atom. The molecule has 1 aromatic rings. The molecule has 0 saturated heterocycles. The Hall–Kier alpha value is 0.150. The average molecular weight is 366 g/mol. The molecule has 13 heavy (non-hydrogen) atoms. The predicted molar refractivity (Wildman–Crippen MR) is 54.5 cm³/mol. The van der Waals surface area contributed by atoms with Crippen molar-refractivity contribution < 1.29 is 13.2 Å². The van der Waals surface area contributed by atoms with Crippen molar-refractivity contribution in [2.75, 3.05) is 0 Å². The number of aromatic nitrogens is 1. The van der Waals surface area contributed by atoms with E-state index >= 15 is 0 Å². The normalized spacial score (nSPS) is 10.9. The van der Waals surface area contributed by atoms with Gasteiger partial charge in [-0.2, -0.15) is 4.39 Å². The molecule has 0 fully saturated rings. The number of pyridine rings is 1. The van der Waals surface area contributed by atoms with Gasteiger partial charge in [0.15, 0.2) is 0 Å². The first kappa shape index (κ1) is 11.2. The van der Waals surface area contributed by atoms with E-state index in [1.807, 2.05) is 0 Å². The highest BCUT2D eigenvalue weighted by atomic mass is 127. The van der Waals surface area contributed by atoms with E-state index in [4.69, 9.17) is 0 Å². The number of halogens is 5. The summed E-state index contributed by atoms with van der Waals surface area (Å²) in [6.07, 6.45) is -1.74. The third kappa shape index (κ3) is 2.34. The first-order chi connectivity index (χ1) is 6.07. The van der Waals surface area contributed by atoms with Crippen molar-refractivity contribution in [1.29, 1.82) is 0 Å². The first-order valence-corrected chi connectivity index (χ1v) is 5.44. The van der Waals surface area contributed by atoms with Crippen LogP contribution in [-0.2, 0) is 5.33 Å². The molecule has 0 aliphatic rings. The van der Waals surface area contributed by atoms with E-state index in [1.54, 1.807) is 22.6 Å². The lowest BCUT2D eigenvalue weighted by Gasteiger charge is -2.06. The minimum atomic E-state index is -2.61. The third-order valence-electron chi connectivity index (χ3n) is 1.45. The van der Waals surface area contributed by atoms with Crippen LogP contribution in [0.15, 0.2) is 6.20 Å². The maximum Gasteiger partial charge on any atom is 0.266 e. The van der Waals surface area contributed by atoms with E-state index in [0.29, 0.717) is 0 Å². The summed E-state index contributed by atoms with van der Waals surface area (Å²) >= 11 is 4.70. The summed E-state index contributed by atoms with van der Waals surface area (Å²) in [7, 11) is 0. The van der Waals surface area contributed by atoms with Gasteiger partial charge in [0.05, 0.1) is 0 Å². The van der Waals surface area contributed by atoms with E-state index in [-0.39, 0.29) is 20.0 Å². The highest BCUT2D eigenvalue weighted by Crippen LogP contribution is 2.28. The van der Waals surface area contributed by atoms with Gasteiger partial charge in [0.1, 0.15) is 0 Å². The minimum absolute atomic E-state index is 0.179. The van der Waals surface area contributed by atoms with Crippen LogP contribution >= 0.6 is 38.5 Å². The Kier molecular flexibility index (Phi) is 3.96. The van der Waals surface area contributed by atoms with Crippen LogP contribution in [-0.4, -0.2) is 4.98 Å². The van der Waals surface area contributed by atoms with Crippen molar-refractivity contribution in [3.05, 3.63) is 26.8 Å². The van der Waals surface area contributed by atoms with Crippen molar-refractivity contribution in [2.45, 2.75) is 11.8 Å². The lowest BCUT2D eigenvalue weighted by Crippen LogP contribution is -2.00. The molecule has 6 heteroatoms. The maximum absolute atomic E-state index is 12.9. The number of nitrogens with zero attached hydrogens (tertiary/aromatic N) is 1. The molecule has 0 unspecified atom stereocenters. The topological polar surface area (TPSA) is 12.9 Å². The van der Waals surface area contributed by atoms with Crippen molar-refractivity contribution in [3.63, 3.8) is 0 Å². The second kappa shape index (κ2) is 4.59. The van der Waals surface area contributed by atoms with Gasteiger partial charge < -0.3 is 0 Å². The molecule has 0 spiro atoms. The number of hydrogen-bond donors (Lipinski definition) is 0. The molecule has 0 saturated carbocycles. The fraction of sp³-hybridized carbons (Fsp3) is 0.286. The summed E-state index contributed by atoms with van der Waals surface area (Å²) in [6, 6.07) is 0. The molecule has 0 aliphatic carbocycles. The molecule has 0 radical (unpaired) electrons. The van der Waals surface area contributed by atoms with Crippen LogP contribution in [0.1, 0.15) is 17.6 Å². The zero-order chi connectivity index (χ0) is 10.0. The fourth-order valence-corrected chi connectivity index (χ4v) is 2.62. The fourth-order valence-electron chi connectivity index (χ4n) is 0.792. The lowest BCUT2D eigenvalue weighted by molar-refractivity contribution is 0.149. The van der Waals surface area contributed by atoms with Crippen LogP contribution in [0, 0.1) is 9.52 Å². The lowest BCUT2D eigenvalue weighted by atomic mass is 10.2. The van der Waals surface area contributed by atoms with Crippen molar-refractivity contribution in [1.82, 2.24) is 4.98 Å². The van der Waals surface area contributed by atoms with Gasteiger partial charge in [-0.1, -0.05) is 15.9 Å². The van der Waals surface area contributed by atoms with E-state index in [9.17, 15) is 13.2 Å². The molecule has 0 N–H and O–H groups in total. The van der Waals surface area contributed by atoms with E-state index in [2.05, 4.69) is 20.9 Å². The zero-order valence-electron chi connectivity index (χ0n) is 6.20. The highest BCUT2D eigenvalue weighted by molar-refractivity contribution is 14.1. The van der Waals surface area contributed by atoms with Crippen LogP contribution in [0.4, 0.5) is 13.2 Å².